The number of nitrogens with two attached hydrogens (primary N) is 1. The molecule has 16 heavy (non-hydrogen) atoms. The second-order valence-electron chi connectivity index (χ2n) is 4.80. The molecule has 0 saturated heterocycles. The third kappa shape index (κ3) is 2.13. The van der Waals surface area contributed by atoms with Gasteiger partial charge in [-0.3, -0.25) is 0 Å². The summed E-state index contributed by atoms with van der Waals surface area (Å²) in [7, 11) is 0. The summed E-state index contributed by atoms with van der Waals surface area (Å²) in [5.74, 6) is 0. The van der Waals surface area contributed by atoms with Crippen molar-refractivity contribution in [3.63, 3.8) is 0 Å². The van der Waals surface area contributed by atoms with Crippen molar-refractivity contribution in [3.05, 3.63) is 35.2 Å². The Hall–Kier alpha value is -0.860. The molecular formula is C14H19NS. The van der Waals surface area contributed by atoms with E-state index in [0.717, 1.165) is 19.4 Å². The molecule has 1 unspecified atom stereocenters. The SMILES string of the molecule is CCC(C)(CN)Cc1csc2ccccc12. The zero-order chi connectivity index (χ0) is 11.6. The summed E-state index contributed by atoms with van der Waals surface area (Å²) in [6, 6.07) is 8.62. The molecule has 2 heteroatoms. The fourth-order valence-electron chi connectivity index (χ4n) is 1.97. The number of thiophene rings is 1. The summed E-state index contributed by atoms with van der Waals surface area (Å²) in [6.45, 7) is 5.26. The van der Waals surface area contributed by atoms with Crippen LogP contribution in [0.4, 0.5) is 0 Å². The number of hydrogen-bond donors (Lipinski definition) is 1. The Morgan fingerprint density at radius 2 is 2.06 bits per heavy atom. The van der Waals surface area contributed by atoms with Gasteiger partial charge in [0.05, 0.1) is 0 Å². The van der Waals surface area contributed by atoms with Crippen LogP contribution in [0.15, 0.2) is 29.6 Å². The second-order valence-corrected chi connectivity index (χ2v) is 5.71. The predicted octanol–water partition coefficient (Wildman–Crippen LogP) is 3.82. The van der Waals surface area contributed by atoms with Crippen LogP contribution in [0.1, 0.15) is 25.8 Å². The molecule has 1 atom stereocenters. The number of fused-ring (bicyclic) bond motifs is 1. The van der Waals surface area contributed by atoms with Crippen LogP contribution in [0, 0.1) is 5.41 Å². The molecule has 2 aromatic rings. The fourth-order valence-corrected chi connectivity index (χ4v) is 2.93. The van der Waals surface area contributed by atoms with E-state index in [1.165, 1.54) is 15.6 Å². The van der Waals surface area contributed by atoms with Gasteiger partial charge in [0.2, 0.25) is 0 Å². The maximum atomic E-state index is 5.88. The van der Waals surface area contributed by atoms with Gasteiger partial charge in [0.15, 0.2) is 0 Å². The Morgan fingerprint density at radius 1 is 1.31 bits per heavy atom. The maximum absolute atomic E-state index is 5.88. The van der Waals surface area contributed by atoms with Crippen LogP contribution in [0.3, 0.4) is 0 Å². The van der Waals surface area contributed by atoms with E-state index in [0.29, 0.717) is 0 Å². The van der Waals surface area contributed by atoms with Crippen molar-refractivity contribution >= 4 is 21.4 Å². The van der Waals surface area contributed by atoms with Gasteiger partial charge >= 0.3 is 0 Å². The highest BCUT2D eigenvalue weighted by atomic mass is 32.1. The number of hydrogen-bond acceptors (Lipinski definition) is 2. The summed E-state index contributed by atoms with van der Waals surface area (Å²) in [5, 5.41) is 3.69. The molecular weight excluding hydrogens is 214 g/mol. The number of rotatable bonds is 4. The molecule has 1 nitrogen and oxygen atoms in total. The first-order valence-electron chi connectivity index (χ1n) is 5.84. The van der Waals surface area contributed by atoms with Gasteiger partial charge in [-0.05, 0) is 47.2 Å². The molecule has 0 aliphatic carbocycles. The van der Waals surface area contributed by atoms with E-state index in [-0.39, 0.29) is 5.41 Å². The van der Waals surface area contributed by atoms with Crippen LogP contribution < -0.4 is 5.73 Å². The predicted molar refractivity (Wildman–Crippen MR) is 73.0 cm³/mol. The van der Waals surface area contributed by atoms with Crippen LogP contribution in [0.2, 0.25) is 0 Å². The van der Waals surface area contributed by atoms with Crippen LogP contribution in [0.5, 0.6) is 0 Å². The van der Waals surface area contributed by atoms with Crippen molar-refractivity contribution in [2.24, 2.45) is 11.1 Å². The largest absolute Gasteiger partial charge is 0.330 e. The summed E-state index contributed by atoms with van der Waals surface area (Å²) < 4.78 is 1.38. The minimum atomic E-state index is 0.240. The minimum Gasteiger partial charge on any atom is -0.330 e. The average molecular weight is 233 g/mol. The molecule has 0 bridgehead atoms. The quantitative estimate of drug-likeness (QED) is 0.853. The zero-order valence-corrected chi connectivity index (χ0v) is 10.8. The molecule has 2 N–H and O–H groups in total. The second kappa shape index (κ2) is 4.56. The highest BCUT2D eigenvalue weighted by Crippen LogP contribution is 2.32. The molecule has 0 aliphatic heterocycles. The third-order valence-corrected chi connectivity index (χ3v) is 4.54. The Labute approximate surface area is 101 Å². The van der Waals surface area contributed by atoms with E-state index in [4.69, 9.17) is 5.73 Å². The highest BCUT2D eigenvalue weighted by Gasteiger charge is 2.21. The van der Waals surface area contributed by atoms with Gasteiger partial charge in [-0.25, -0.2) is 0 Å². The first kappa shape index (κ1) is 11.6. The lowest BCUT2D eigenvalue weighted by atomic mass is 9.81. The molecule has 1 heterocycles. The minimum absolute atomic E-state index is 0.240. The molecule has 0 fully saturated rings. The summed E-state index contributed by atoms with van der Waals surface area (Å²) >= 11 is 1.83. The van der Waals surface area contributed by atoms with Gasteiger partial charge in [-0.15, -0.1) is 11.3 Å². The Morgan fingerprint density at radius 3 is 2.75 bits per heavy atom. The molecule has 0 amide bonds. The molecule has 0 aliphatic rings. The molecule has 2 rings (SSSR count). The lowest BCUT2D eigenvalue weighted by molar-refractivity contribution is 0.322. The van der Waals surface area contributed by atoms with Gasteiger partial charge < -0.3 is 5.73 Å². The molecule has 1 aromatic heterocycles. The van der Waals surface area contributed by atoms with Crippen molar-refractivity contribution in [1.82, 2.24) is 0 Å². The Balaban J connectivity index is 2.34. The van der Waals surface area contributed by atoms with Crippen molar-refractivity contribution in [2.45, 2.75) is 26.7 Å². The topological polar surface area (TPSA) is 26.0 Å². The van der Waals surface area contributed by atoms with E-state index in [2.05, 4.69) is 43.5 Å². The Kier molecular flexibility index (Phi) is 3.31. The average Bonchev–Trinajstić information content (AvgIpc) is 2.73. The molecule has 0 spiro atoms. The fraction of sp³-hybridized carbons (Fsp3) is 0.429. The van der Waals surface area contributed by atoms with Gasteiger partial charge in [-0.2, -0.15) is 0 Å². The van der Waals surface area contributed by atoms with Gasteiger partial charge in [0.25, 0.3) is 0 Å². The van der Waals surface area contributed by atoms with Gasteiger partial charge in [0.1, 0.15) is 0 Å². The van der Waals surface area contributed by atoms with E-state index in [9.17, 15) is 0 Å². The maximum Gasteiger partial charge on any atom is 0.0345 e. The van der Waals surface area contributed by atoms with Crippen molar-refractivity contribution in [1.29, 1.82) is 0 Å². The van der Waals surface area contributed by atoms with Gasteiger partial charge in [-0.1, -0.05) is 32.0 Å². The van der Waals surface area contributed by atoms with Crippen molar-refractivity contribution < 1.29 is 0 Å². The first-order valence-corrected chi connectivity index (χ1v) is 6.72. The Bertz CT molecular complexity index is 468. The van der Waals surface area contributed by atoms with E-state index in [1.807, 2.05) is 11.3 Å². The van der Waals surface area contributed by atoms with Crippen LogP contribution in [0.25, 0.3) is 10.1 Å². The zero-order valence-electron chi connectivity index (χ0n) is 9.99. The number of benzene rings is 1. The van der Waals surface area contributed by atoms with Crippen LogP contribution >= 0.6 is 11.3 Å². The van der Waals surface area contributed by atoms with Crippen LogP contribution in [-0.2, 0) is 6.42 Å². The molecule has 0 radical (unpaired) electrons. The first-order chi connectivity index (χ1) is 7.68. The summed E-state index contributed by atoms with van der Waals surface area (Å²) in [6.07, 6.45) is 2.22. The van der Waals surface area contributed by atoms with Crippen molar-refractivity contribution in [3.8, 4) is 0 Å². The standard InChI is InChI=1S/C14H19NS/c1-3-14(2,10-15)8-11-9-16-13-7-5-4-6-12(11)13/h4-7,9H,3,8,10,15H2,1-2H3. The normalized spacial score (nSPS) is 15.2. The molecule has 1 aromatic carbocycles. The van der Waals surface area contributed by atoms with Gasteiger partial charge in [0, 0.05) is 4.70 Å². The van der Waals surface area contributed by atoms with E-state index < -0.39 is 0 Å². The molecule has 86 valence electrons. The third-order valence-electron chi connectivity index (χ3n) is 3.52. The van der Waals surface area contributed by atoms with Crippen LogP contribution in [-0.4, -0.2) is 6.54 Å². The lowest BCUT2D eigenvalue weighted by Gasteiger charge is -2.26. The summed E-state index contributed by atoms with van der Waals surface area (Å²) in [5.41, 5.74) is 7.58. The van der Waals surface area contributed by atoms with Crippen molar-refractivity contribution in [2.75, 3.05) is 6.54 Å². The smallest absolute Gasteiger partial charge is 0.0345 e. The van der Waals surface area contributed by atoms with E-state index >= 15 is 0 Å². The lowest BCUT2D eigenvalue weighted by Crippen LogP contribution is -2.28. The summed E-state index contributed by atoms with van der Waals surface area (Å²) in [4.78, 5) is 0. The van der Waals surface area contributed by atoms with E-state index in [1.54, 1.807) is 0 Å². The highest BCUT2D eigenvalue weighted by molar-refractivity contribution is 7.17. The monoisotopic (exact) mass is 233 g/mol. The molecule has 0 saturated carbocycles.